The molecular formula is C21H31N3O3. The molecule has 0 radical (unpaired) electrons. The highest BCUT2D eigenvalue weighted by Crippen LogP contribution is 2.22. The number of hydrogen-bond acceptors (Lipinski definition) is 4. The third-order valence-electron chi connectivity index (χ3n) is 5.62. The number of rotatable bonds is 3. The van der Waals surface area contributed by atoms with Gasteiger partial charge < -0.3 is 14.9 Å². The summed E-state index contributed by atoms with van der Waals surface area (Å²) in [5.74, 6) is 1.22. The zero-order valence-corrected chi connectivity index (χ0v) is 16.6. The quantitative estimate of drug-likeness (QED) is 0.880. The molecule has 2 saturated heterocycles. The van der Waals surface area contributed by atoms with Crippen molar-refractivity contribution in [1.82, 2.24) is 14.7 Å². The van der Waals surface area contributed by atoms with E-state index in [4.69, 9.17) is 0 Å². The number of amides is 2. The van der Waals surface area contributed by atoms with E-state index in [-0.39, 0.29) is 17.6 Å². The van der Waals surface area contributed by atoms with E-state index in [9.17, 15) is 14.7 Å². The fourth-order valence-corrected chi connectivity index (χ4v) is 4.26. The monoisotopic (exact) mass is 373 g/mol. The van der Waals surface area contributed by atoms with E-state index in [1.165, 1.54) is 6.42 Å². The molecule has 0 bridgehead atoms. The van der Waals surface area contributed by atoms with Gasteiger partial charge in [0.05, 0.1) is 12.1 Å². The number of benzene rings is 1. The number of carbonyl (C=O) groups excluding carboxylic acids is 2. The van der Waals surface area contributed by atoms with Crippen LogP contribution in [0.2, 0.25) is 0 Å². The van der Waals surface area contributed by atoms with Gasteiger partial charge in [0.15, 0.2) is 0 Å². The third kappa shape index (κ3) is 4.80. The zero-order valence-electron chi connectivity index (χ0n) is 16.6. The Labute approximate surface area is 161 Å². The van der Waals surface area contributed by atoms with Crippen LogP contribution in [-0.4, -0.2) is 77.4 Å². The summed E-state index contributed by atoms with van der Waals surface area (Å²) in [5, 5.41) is 10.0. The molecule has 27 heavy (non-hydrogen) atoms. The topological polar surface area (TPSA) is 64.1 Å². The molecule has 2 amide bonds. The van der Waals surface area contributed by atoms with Gasteiger partial charge in [-0.25, -0.2) is 0 Å². The first kappa shape index (κ1) is 19.7. The van der Waals surface area contributed by atoms with E-state index in [0.717, 1.165) is 18.7 Å². The predicted octanol–water partition coefficient (Wildman–Crippen LogP) is 1.96. The highest BCUT2D eigenvalue weighted by Gasteiger charge is 2.29. The minimum atomic E-state index is -0.142. The summed E-state index contributed by atoms with van der Waals surface area (Å²) in [6, 6.07) is 5.13. The molecule has 6 nitrogen and oxygen atoms in total. The van der Waals surface area contributed by atoms with E-state index in [1.54, 1.807) is 17.0 Å². The van der Waals surface area contributed by atoms with Crippen LogP contribution >= 0.6 is 0 Å². The number of carbonyl (C=O) groups is 2. The normalized spacial score (nSPS) is 24.1. The van der Waals surface area contributed by atoms with Crippen LogP contribution in [0, 0.1) is 18.8 Å². The first-order chi connectivity index (χ1) is 12.8. The summed E-state index contributed by atoms with van der Waals surface area (Å²) in [6.07, 6.45) is 1.19. The van der Waals surface area contributed by atoms with Crippen molar-refractivity contribution in [3.63, 3.8) is 0 Å². The van der Waals surface area contributed by atoms with Crippen molar-refractivity contribution in [2.24, 2.45) is 11.8 Å². The fraction of sp³-hybridized carbons (Fsp3) is 0.619. The van der Waals surface area contributed by atoms with Gasteiger partial charge in [0, 0.05) is 39.3 Å². The van der Waals surface area contributed by atoms with Gasteiger partial charge in [0.2, 0.25) is 5.91 Å². The number of aromatic hydroxyl groups is 1. The standard InChI is InChI=1S/C21H31N3O3/c1-15-4-5-18(19(25)11-15)21(27)23-8-6-22(7-9-23)14-20(26)24-12-16(2)10-17(3)13-24/h4-5,11,16-17,25H,6-10,12-14H2,1-3H3. The number of nitrogens with zero attached hydrogens (tertiary/aromatic N) is 3. The minimum absolute atomic E-state index is 0.0333. The van der Waals surface area contributed by atoms with Crippen molar-refractivity contribution >= 4 is 11.8 Å². The Hall–Kier alpha value is -2.08. The Balaban J connectivity index is 1.51. The number of likely N-dealkylation sites (tertiary alicyclic amines) is 1. The Morgan fingerprint density at radius 3 is 2.26 bits per heavy atom. The largest absolute Gasteiger partial charge is 0.507 e. The highest BCUT2D eigenvalue weighted by atomic mass is 16.3. The molecule has 0 spiro atoms. The number of phenols is 1. The van der Waals surface area contributed by atoms with Crippen LogP contribution in [0.15, 0.2) is 18.2 Å². The van der Waals surface area contributed by atoms with E-state index in [1.807, 2.05) is 17.9 Å². The molecule has 148 valence electrons. The molecule has 0 aliphatic carbocycles. The molecule has 1 aromatic carbocycles. The van der Waals surface area contributed by atoms with Gasteiger partial charge in [-0.3, -0.25) is 14.5 Å². The molecule has 0 aromatic heterocycles. The molecule has 3 rings (SSSR count). The van der Waals surface area contributed by atoms with Crippen molar-refractivity contribution in [2.45, 2.75) is 27.2 Å². The maximum Gasteiger partial charge on any atom is 0.257 e. The molecular weight excluding hydrogens is 342 g/mol. The van der Waals surface area contributed by atoms with Crippen molar-refractivity contribution in [1.29, 1.82) is 0 Å². The Kier molecular flexibility index (Phi) is 6.05. The second kappa shape index (κ2) is 8.30. The highest BCUT2D eigenvalue weighted by molar-refractivity contribution is 5.97. The fourth-order valence-electron chi connectivity index (χ4n) is 4.26. The summed E-state index contributed by atoms with van der Waals surface area (Å²) in [6.45, 7) is 11.0. The van der Waals surface area contributed by atoms with Gasteiger partial charge in [0.25, 0.3) is 5.91 Å². The third-order valence-corrected chi connectivity index (χ3v) is 5.62. The van der Waals surface area contributed by atoms with Gasteiger partial charge in [-0.05, 0) is 42.9 Å². The first-order valence-corrected chi connectivity index (χ1v) is 9.92. The van der Waals surface area contributed by atoms with Crippen molar-refractivity contribution in [3.8, 4) is 5.75 Å². The second-order valence-corrected chi connectivity index (χ2v) is 8.33. The molecule has 2 fully saturated rings. The number of piperazine rings is 1. The van der Waals surface area contributed by atoms with Crippen LogP contribution in [0.3, 0.4) is 0 Å². The predicted molar refractivity (Wildman–Crippen MR) is 105 cm³/mol. The number of piperidine rings is 1. The lowest BCUT2D eigenvalue weighted by atomic mass is 9.92. The lowest BCUT2D eigenvalue weighted by Gasteiger charge is -2.38. The maximum absolute atomic E-state index is 12.7. The van der Waals surface area contributed by atoms with Gasteiger partial charge in [-0.15, -0.1) is 0 Å². The van der Waals surface area contributed by atoms with Crippen molar-refractivity contribution in [2.75, 3.05) is 45.8 Å². The second-order valence-electron chi connectivity index (χ2n) is 8.33. The van der Waals surface area contributed by atoms with Gasteiger partial charge >= 0.3 is 0 Å². The van der Waals surface area contributed by atoms with Gasteiger partial charge in [-0.2, -0.15) is 0 Å². The van der Waals surface area contributed by atoms with E-state index in [0.29, 0.717) is 50.1 Å². The lowest BCUT2D eigenvalue weighted by molar-refractivity contribution is -0.135. The van der Waals surface area contributed by atoms with Crippen molar-refractivity contribution < 1.29 is 14.7 Å². The molecule has 1 aromatic rings. The molecule has 2 atom stereocenters. The van der Waals surface area contributed by atoms with Gasteiger partial charge in [0.1, 0.15) is 5.75 Å². The van der Waals surface area contributed by atoms with Crippen molar-refractivity contribution in [3.05, 3.63) is 29.3 Å². The number of aryl methyl sites for hydroxylation is 1. The molecule has 1 N–H and O–H groups in total. The molecule has 0 saturated carbocycles. The summed E-state index contributed by atoms with van der Waals surface area (Å²) in [7, 11) is 0. The maximum atomic E-state index is 12.7. The molecule has 2 heterocycles. The minimum Gasteiger partial charge on any atom is -0.507 e. The molecule has 2 unspecified atom stereocenters. The Morgan fingerprint density at radius 2 is 1.67 bits per heavy atom. The summed E-state index contributed by atoms with van der Waals surface area (Å²) in [4.78, 5) is 31.2. The summed E-state index contributed by atoms with van der Waals surface area (Å²) >= 11 is 0. The first-order valence-electron chi connectivity index (χ1n) is 9.92. The van der Waals surface area contributed by atoms with E-state index >= 15 is 0 Å². The van der Waals surface area contributed by atoms with Crippen LogP contribution in [0.4, 0.5) is 0 Å². The smallest absolute Gasteiger partial charge is 0.257 e. The Bertz CT molecular complexity index is 688. The lowest BCUT2D eigenvalue weighted by Crippen LogP contribution is -2.53. The summed E-state index contributed by atoms with van der Waals surface area (Å²) in [5.41, 5.74) is 1.27. The SMILES string of the molecule is Cc1ccc(C(=O)N2CCN(CC(=O)N3CC(C)CC(C)C3)CC2)c(O)c1. The molecule has 2 aliphatic rings. The zero-order chi connectivity index (χ0) is 19.6. The molecule has 2 aliphatic heterocycles. The van der Waals surface area contributed by atoms with Crippen LogP contribution in [0.25, 0.3) is 0 Å². The number of phenolic OH excluding ortho intramolecular Hbond substituents is 1. The Morgan fingerprint density at radius 1 is 1.04 bits per heavy atom. The van der Waals surface area contributed by atoms with Crippen LogP contribution in [0.5, 0.6) is 5.75 Å². The van der Waals surface area contributed by atoms with E-state index in [2.05, 4.69) is 18.7 Å². The summed E-state index contributed by atoms with van der Waals surface area (Å²) < 4.78 is 0. The van der Waals surface area contributed by atoms with Crippen LogP contribution < -0.4 is 0 Å². The molecule has 6 heteroatoms. The number of hydrogen-bond donors (Lipinski definition) is 1. The van der Waals surface area contributed by atoms with Crippen LogP contribution in [-0.2, 0) is 4.79 Å². The average molecular weight is 373 g/mol. The van der Waals surface area contributed by atoms with Crippen LogP contribution in [0.1, 0.15) is 36.2 Å². The van der Waals surface area contributed by atoms with E-state index < -0.39 is 0 Å². The average Bonchev–Trinajstić information content (AvgIpc) is 2.61. The van der Waals surface area contributed by atoms with Gasteiger partial charge in [-0.1, -0.05) is 19.9 Å².